The highest BCUT2D eigenvalue weighted by Gasteiger charge is 2.21. The summed E-state index contributed by atoms with van der Waals surface area (Å²) in [4.78, 5) is 0. The first-order valence-electron chi connectivity index (χ1n) is 2.87. The molecule has 0 unspecified atom stereocenters. The minimum absolute atomic E-state index is 0.578. The SMILES string of the molecule is CO[S+](OC)OCCCCl. The molecular weight excluding hydrogens is 176 g/mol. The predicted octanol–water partition coefficient (Wildman–Crippen LogP) is 1.29. The number of hydrogen-bond acceptors (Lipinski definition) is 3. The van der Waals surface area contributed by atoms with Crippen molar-refractivity contribution in [2.75, 3.05) is 26.7 Å². The number of halogens is 1. The van der Waals surface area contributed by atoms with E-state index in [1.54, 1.807) is 0 Å². The van der Waals surface area contributed by atoms with Crippen molar-refractivity contribution in [1.29, 1.82) is 0 Å². The second kappa shape index (κ2) is 7.63. The molecule has 10 heavy (non-hydrogen) atoms. The molecule has 62 valence electrons. The number of rotatable bonds is 6. The lowest BCUT2D eigenvalue weighted by Crippen LogP contribution is -2.11. The van der Waals surface area contributed by atoms with Gasteiger partial charge in [-0.25, -0.2) is 0 Å². The molecule has 5 heteroatoms. The van der Waals surface area contributed by atoms with Gasteiger partial charge in [0.05, 0.1) is 14.2 Å². The Bertz CT molecular complexity index is 69.9. The van der Waals surface area contributed by atoms with E-state index in [4.69, 9.17) is 24.2 Å². The van der Waals surface area contributed by atoms with Crippen molar-refractivity contribution in [2.24, 2.45) is 0 Å². The van der Waals surface area contributed by atoms with Crippen LogP contribution in [0, 0.1) is 0 Å². The fourth-order valence-corrected chi connectivity index (χ4v) is 1.04. The molecule has 0 rings (SSSR count). The first kappa shape index (κ1) is 10.5. The Hall–Kier alpha value is 0.520. The van der Waals surface area contributed by atoms with E-state index in [9.17, 15) is 0 Å². The van der Waals surface area contributed by atoms with E-state index in [1.165, 1.54) is 14.2 Å². The van der Waals surface area contributed by atoms with Crippen LogP contribution in [0.5, 0.6) is 0 Å². The predicted molar refractivity (Wildman–Crippen MR) is 42.7 cm³/mol. The van der Waals surface area contributed by atoms with E-state index in [2.05, 4.69) is 0 Å². The highest BCUT2D eigenvalue weighted by molar-refractivity contribution is 7.82. The van der Waals surface area contributed by atoms with Crippen molar-refractivity contribution in [3.8, 4) is 0 Å². The van der Waals surface area contributed by atoms with E-state index < -0.39 is 11.7 Å². The van der Waals surface area contributed by atoms with Crippen LogP contribution in [0.2, 0.25) is 0 Å². The Kier molecular flexibility index (Phi) is 8.02. The molecule has 0 aromatic carbocycles. The van der Waals surface area contributed by atoms with Crippen molar-refractivity contribution in [3.63, 3.8) is 0 Å². The first-order chi connectivity index (χ1) is 4.85. The van der Waals surface area contributed by atoms with Crippen molar-refractivity contribution in [3.05, 3.63) is 0 Å². The second-order valence-electron chi connectivity index (χ2n) is 1.40. The van der Waals surface area contributed by atoms with Crippen molar-refractivity contribution in [2.45, 2.75) is 6.42 Å². The summed E-state index contributed by atoms with van der Waals surface area (Å²) in [5, 5.41) is 0. The molecule has 0 fully saturated rings. The molecule has 0 N–H and O–H groups in total. The van der Waals surface area contributed by atoms with Crippen LogP contribution in [0.4, 0.5) is 0 Å². The highest BCUT2D eigenvalue weighted by atomic mass is 35.5. The summed E-state index contributed by atoms with van der Waals surface area (Å²) in [7, 11) is 3.07. The van der Waals surface area contributed by atoms with E-state index >= 15 is 0 Å². The van der Waals surface area contributed by atoms with Gasteiger partial charge in [0, 0.05) is 5.88 Å². The maximum absolute atomic E-state index is 5.41. The van der Waals surface area contributed by atoms with Crippen LogP contribution < -0.4 is 0 Å². The van der Waals surface area contributed by atoms with Crippen LogP contribution in [0.1, 0.15) is 6.42 Å². The zero-order valence-electron chi connectivity index (χ0n) is 6.13. The molecule has 0 amide bonds. The van der Waals surface area contributed by atoms with Crippen LogP contribution in [-0.4, -0.2) is 26.7 Å². The molecule has 0 saturated heterocycles. The van der Waals surface area contributed by atoms with Crippen LogP contribution in [0.15, 0.2) is 0 Å². The average molecular weight is 188 g/mol. The molecule has 0 heterocycles. The smallest absolute Gasteiger partial charge is 0.127 e. The average Bonchev–Trinajstić information content (AvgIpc) is 1.99. The van der Waals surface area contributed by atoms with Gasteiger partial charge in [-0.2, -0.15) is 0 Å². The van der Waals surface area contributed by atoms with E-state index in [-0.39, 0.29) is 0 Å². The monoisotopic (exact) mass is 187 g/mol. The van der Waals surface area contributed by atoms with Crippen molar-refractivity contribution in [1.82, 2.24) is 0 Å². The summed E-state index contributed by atoms with van der Waals surface area (Å²) in [5.41, 5.74) is 0. The number of alkyl halides is 1. The maximum Gasteiger partial charge on any atom is 0.507 e. The zero-order valence-corrected chi connectivity index (χ0v) is 7.70. The molecule has 0 aromatic heterocycles. The largest absolute Gasteiger partial charge is 0.507 e. The Labute approximate surface area is 69.6 Å². The molecule has 0 bridgehead atoms. The molecule has 0 aliphatic rings. The van der Waals surface area contributed by atoms with Gasteiger partial charge in [0.25, 0.3) is 0 Å². The number of hydrogen-bond donors (Lipinski definition) is 0. The van der Waals surface area contributed by atoms with E-state index in [0.717, 1.165) is 6.42 Å². The standard InChI is InChI=1S/C5H12ClO3S/c1-7-10(8-2)9-5-3-4-6/h3-5H2,1-2H3/q+1. The normalized spacial score (nSPS) is 10.8. The van der Waals surface area contributed by atoms with Gasteiger partial charge in [-0.05, 0) is 6.42 Å². The maximum atomic E-state index is 5.41. The van der Waals surface area contributed by atoms with Gasteiger partial charge in [0.15, 0.2) is 0 Å². The van der Waals surface area contributed by atoms with Gasteiger partial charge in [-0.1, -0.05) is 0 Å². The topological polar surface area (TPSA) is 27.7 Å². The fourth-order valence-electron chi connectivity index (χ4n) is 0.346. The van der Waals surface area contributed by atoms with Crippen molar-refractivity contribution >= 4 is 23.3 Å². The van der Waals surface area contributed by atoms with Gasteiger partial charge >= 0.3 is 11.7 Å². The summed E-state index contributed by atoms with van der Waals surface area (Å²) in [5.74, 6) is 0.602. The molecule has 0 saturated carbocycles. The highest BCUT2D eigenvalue weighted by Crippen LogP contribution is 2.00. The molecule has 3 nitrogen and oxygen atoms in total. The third-order valence-corrected chi connectivity index (χ3v) is 1.90. The Balaban J connectivity index is 3.09. The van der Waals surface area contributed by atoms with Crippen LogP contribution in [-0.2, 0) is 24.3 Å². The van der Waals surface area contributed by atoms with Gasteiger partial charge in [-0.3, -0.25) is 0 Å². The lowest BCUT2D eigenvalue weighted by Gasteiger charge is -1.95. The van der Waals surface area contributed by atoms with Crippen LogP contribution >= 0.6 is 11.6 Å². The third kappa shape index (κ3) is 5.32. The Morgan fingerprint density at radius 3 is 2.30 bits per heavy atom. The quantitative estimate of drug-likeness (QED) is 0.356. The lowest BCUT2D eigenvalue weighted by molar-refractivity contribution is 0.227. The van der Waals surface area contributed by atoms with E-state index in [1.807, 2.05) is 0 Å². The lowest BCUT2D eigenvalue weighted by atomic mass is 10.5. The van der Waals surface area contributed by atoms with Gasteiger partial charge < -0.3 is 0 Å². The summed E-state index contributed by atoms with van der Waals surface area (Å²) < 4.78 is 14.7. The molecule has 0 spiro atoms. The minimum atomic E-state index is -0.799. The zero-order chi connectivity index (χ0) is 7.82. The molecule has 0 aliphatic heterocycles. The molecule has 0 aromatic rings. The summed E-state index contributed by atoms with van der Waals surface area (Å²) in [6, 6.07) is 0. The van der Waals surface area contributed by atoms with Crippen LogP contribution in [0.3, 0.4) is 0 Å². The second-order valence-corrected chi connectivity index (χ2v) is 3.09. The summed E-state index contributed by atoms with van der Waals surface area (Å²) >= 11 is 4.61. The molecule has 0 atom stereocenters. The van der Waals surface area contributed by atoms with E-state index in [0.29, 0.717) is 12.5 Å². The first-order valence-corrected chi connectivity index (χ1v) is 4.41. The van der Waals surface area contributed by atoms with Crippen molar-refractivity contribution < 1.29 is 12.5 Å². The summed E-state index contributed by atoms with van der Waals surface area (Å²) in [6.07, 6.45) is 0.817. The van der Waals surface area contributed by atoms with Gasteiger partial charge in [-0.15, -0.1) is 24.2 Å². The van der Waals surface area contributed by atoms with Gasteiger partial charge in [0.2, 0.25) is 0 Å². The fraction of sp³-hybridized carbons (Fsp3) is 1.00. The summed E-state index contributed by atoms with van der Waals surface area (Å²) in [6.45, 7) is 0.578. The third-order valence-electron chi connectivity index (χ3n) is 0.730. The van der Waals surface area contributed by atoms with Crippen LogP contribution in [0.25, 0.3) is 0 Å². The minimum Gasteiger partial charge on any atom is -0.127 e. The Morgan fingerprint density at radius 2 is 1.90 bits per heavy atom. The molecule has 0 radical (unpaired) electrons. The Morgan fingerprint density at radius 1 is 1.30 bits per heavy atom. The van der Waals surface area contributed by atoms with Gasteiger partial charge in [0.1, 0.15) is 6.61 Å². The molecular formula is C5H12ClO3S+. The molecule has 0 aliphatic carbocycles.